The fourth-order valence-corrected chi connectivity index (χ4v) is 2.22. The molecule has 0 heterocycles. The minimum atomic E-state index is -0.637. The van der Waals surface area contributed by atoms with E-state index in [1.807, 2.05) is 13.8 Å². The molecule has 2 aromatic carbocycles. The molecule has 0 aliphatic heterocycles. The molecular weight excluding hydrogens is 350 g/mol. The first-order valence-electron chi connectivity index (χ1n) is 8.31. The number of hydrogen-bond acceptors (Lipinski definition) is 6. The lowest BCUT2D eigenvalue weighted by Gasteiger charge is -2.11. The summed E-state index contributed by atoms with van der Waals surface area (Å²) < 4.78 is 15.2. The van der Waals surface area contributed by atoms with Crippen LogP contribution in [0.2, 0.25) is 0 Å². The fourth-order valence-electron chi connectivity index (χ4n) is 2.22. The summed E-state index contributed by atoms with van der Waals surface area (Å²) in [4.78, 5) is 35.8. The number of methoxy groups -OCH3 is 1. The third-order valence-corrected chi connectivity index (χ3v) is 3.40. The van der Waals surface area contributed by atoms with Gasteiger partial charge in [-0.15, -0.1) is 0 Å². The Morgan fingerprint density at radius 1 is 0.963 bits per heavy atom. The van der Waals surface area contributed by atoms with Crippen molar-refractivity contribution in [2.24, 2.45) is 0 Å². The van der Waals surface area contributed by atoms with Gasteiger partial charge in [0.15, 0.2) is 6.61 Å². The van der Waals surface area contributed by atoms with Crippen LogP contribution in [0.4, 0.5) is 5.69 Å². The van der Waals surface area contributed by atoms with Crippen LogP contribution in [0, 0.1) is 0 Å². The number of nitrogens with one attached hydrogen (secondary N) is 1. The molecular formula is C20H21NO6. The van der Waals surface area contributed by atoms with Crippen molar-refractivity contribution in [3.8, 4) is 5.75 Å². The lowest BCUT2D eigenvalue weighted by molar-refractivity contribution is -0.119. The summed E-state index contributed by atoms with van der Waals surface area (Å²) >= 11 is 0. The van der Waals surface area contributed by atoms with Gasteiger partial charge in [0.25, 0.3) is 5.91 Å². The van der Waals surface area contributed by atoms with Gasteiger partial charge >= 0.3 is 11.9 Å². The Labute approximate surface area is 157 Å². The highest BCUT2D eigenvalue weighted by Gasteiger charge is 2.15. The van der Waals surface area contributed by atoms with Crippen LogP contribution in [0.5, 0.6) is 5.75 Å². The average Bonchev–Trinajstić information content (AvgIpc) is 2.66. The molecule has 2 rings (SSSR count). The monoisotopic (exact) mass is 371 g/mol. The number of ether oxygens (including phenoxy) is 3. The van der Waals surface area contributed by atoms with Crippen LogP contribution < -0.4 is 10.1 Å². The van der Waals surface area contributed by atoms with Crippen molar-refractivity contribution in [1.29, 1.82) is 0 Å². The molecule has 0 aromatic heterocycles. The summed E-state index contributed by atoms with van der Waals surface area (Å²) in [7, 11) is 1.25. The molecule has 0 fully saturated rings. The topological polar surface area (TPSA) is 90.9 Å². The highest BCUT2D eigenvalue weighted by molar-refractivity contribution is 6.02. The maximum atomic E-state index is 12.0. The van der Waals surface area contributed by atoms with E-state index in [1.54, 1.807) is 42.5 Å². The number of amides is 1. The Morgan fingerprint density at radius 2 is 1.63 bits per heavy atom. The van der Waals surface area contributed by atoms with Gasteiger partial charge in [-0.1, -0.05) is 12.1 Å². The number of anilines is 1. The van der Waals surface area contributed by atoms with E-state index >= 15 is 0 Å². The first kappa shape index (κ1) is 20.0. The van der Waals surface area contributed by atoms with Crippen molar-refractivity contribution in [2.75, 3.05) is 19.0 Å². The van der Waals surface area contributed by atoms with E-state index < -0.39 is 24.5 Å². The van der Waals surface area contributed by atoms with Gasteiger partial charge in [-0.05, 0) is 50.2 Å². The Bertz CT molecular complexity index is 813. The van der Waals surface area contributed by atoms with E-state index in [4.69, 9.17) is 9.47 Å². The number of carbonyl (C=O) groups excluding carboxylic acids is 3. The van der Waals surface area contributed by atoms with Gasteiger partial charge in [-0.2, -0.15) is 0 Å². The third-order valence-electron chi connectivity index (χ3n) is 3.40. The molecule has 0 spiro atoms. The summed E-state index contributed by atoms with van der Waals surface area (Å²) in [5.41, 5.74) is 0.787. The Kier molecular flexibility index (Phi) is 6.93. The largest absolute Gasteiger partial charge is 0.491 e. The standard InChI is InChI=1S/C20H21NO6/c1-13(2)27-15-10-8-14(9-11-15)19(23)26-12-18(22)21-17-7-5-4-6-16(17)20(24)25-3/h4-11,13H,12H2,1-3H3,(H,21,22). The van der Waals surface area contributed by atoms with Gasteiger partial charge in [0, 0.05) is 0 Å². The van der Waals surface area contributed by atoms with Crippen molar-refractivity contribution < 1.29 is 28.6 Å². The molecule has 0 aliphatic carbocycles. The van der Waals surface area contributed by atoms with Gasteiger partial charge in [-0.3, -0.25) is 4.79 Å². The normalized spacial score (nSPS) is 10.2. The number of hydrogen-bond donors (Lipinski definition) is 1. The van der Waals surface area contributed by atoms with Crippen LogP contribution in [0.3, 0.4) is 0 Å². The number of esters is 2. The second-order valence-electron chi connectivity index (χ2n) is 5.85. The lowest BCUT2D eigenvalue weighted by atomic mass is 10.2. The first-order chi connectivity index (χ1) is 12.9. The maximum absolute atomic E-state index is 12.0. The molecule has 2 aromatic rings. The van der Waals surface area contributed by atoms with Crippen LogP contribution >= 0.6 is 0 Å². The Hall–Kier alpha value is -3.35. The molecule has 0 unspecified atom stereocenters. The van der Waals surface area contributed by atoms with E-state index in [1.165, 1.54) is 13.2 Å². The highest BCUT2D eigenvalue weighted by atomic mass is 16.5. The number of rotatable bonds is 7. The highest BCUT2D eigenvalue weighted by Crippen LogP contribution is 2.16. The number of carbonyl (C=O) groups is 3. The predicted molar refractivity (Wildman–Crippen MR) is 98.9 cm³/mol. The molecule has 1 amide bonds. The summed E-state index contributed by atoms with van der Waals surface area (Å²) in [6.45, 7) is 3.32. The van der Waals surface area contributed by atoms with E-state index in [0.29, 0.717) is 11.3 Å². The summed E-state index contributed by atoms with van der Waals surface area (Å²) in [6.07, 6.45) is 0.0272. The van der Waals surface area contributed by atoms with Gasteiger partial charge in [0.1, 0.15) is 5.75 Å². The zero-order chi connectivity index (χ0) is 19.8. The van der Waals surface area contributed by atoms with E-state index in [2.05, 4.69) is 10.1 Å². The van der Waals surface area contributed by atoms with Crippen molar-refractivity contribution in [3.63, 3.8) is 0 Å². The molecule has 0 atom stereocenters. The molecule has 0 radical (unpaired) electrons. The van der Waals surface area contributed by atoms with Gasteiger partial charge in [0.05, 0.1) is 30.0 Å². The molecule has 0 bridgehead atoms. The molecule has 0 saturated carbocycles. The van der Waals surface area contributed by atoms with Crippen LogP contribution in [0.15, 0.2) is 48.5 Å². The minimum absolute atomic E-state index is 0.0272. The Balaban J connectivity index is 1.92. The molecule has 27 heavy (non-hydrogen) atoms. The molecule has 7 nitrogen and oxygen atoms in total. The van der Waals surface area contributed by atoms with E-state index in [9.17, 15) is 14.4 Å². The maximum Gasteiger partial charge on any atom is 0.339 e. The van der Waals surface area contributed by atoms with Gasteiger partial charge < -0.3 is 19.5 Å². The molecule has 0 saturated heterocycles. The van der Waals surface area contributed by atoms with Crippen LogP contribution in [-0.2, 0) is 14.3 Å². The van der Waals surface area contributed by atoms with E-state index in [-0.39, 0.29) is 17.4 Å². The lowest BCUT2D eigenvalue weighted by Crippen LogP contribution is -2.22. The van der Waals surface area contributed by atoms with Gasteiger partial charge in [-0.25, -0.2) is 9.59 Å². The number of para-hydroxylation sites is 1. The zero-order valence-electron chi connectivity index (χ0n) is 15.4. The van der Waals surface area contributed by atoms with Crippen molar-refractivity contribution in [1.82, 2.24) is 0 Å². The fraction of sp³-hybridized carbons (Fsp3) is 0.250. The average molecular weight is 371 g/mol. The summed E-state index contributed by atoms with van der Waals surface area (Å²) in [6, 6.07) is 12.8. The van der Waals surface area contributed by atoms with Crippen molar-refractivity contribution in [3.05, 3.63) is 59.7 Å². The Morgan fingerprint density at radius 3 is 2.26 bits per heavy atom. The molecule has 7 heteroatoms. The second kappa shape index (κ2) is 9.38. The smallest absolute Gasteiger partial charge is 0.339 e. The predicted octanol–water partition coefficient (Wildman–Crippen LogP) is 3.06. The minimum Gasteiger partial charge on any atom is -0.491 e. The molecule has 1 N–H and O–H groups in total. The van der Waals surface area contributed by atoms with Gasteiger partial charge in [0.2, 0.25) is 0 Å². The first-order valence-corrected chi connectivity index (χ1v) is 8.31. The molecule has 0 aliphatic rings. The van der Waals surface area contributed by atoms with Crippen molar-refractivity contribution >= 4 is 23.5 Å². The molecule has 142 valence electrons. The number of benzene rings is 2. The quantitative estimate of drug-likeness (QED) is 0.752. The van der Waals surface area contributed by atoms with Crippen LogP contribution in [0.25, 0.3) is 0 Å². The van der Waals surface area contributed by atoms with Crippen LogP contribution in [0.1, 0.15) is 34.6 Å². The summed E-state index contributed by atoms with van der Waals surface area (Å²) in [5, 5.41) is 2.53. The van der Waals surface area contributed by atoms with Crippen molar-refractivity contribution in [2.45, 2.75) is 20.0 Å². The summed E-state index contributed by atoms with van der Waals surface area (Å²) in [5.74, 6) is -1.15. The second-order valence-corrected chi connectivity index (χ2v) is 5.85. The van der Waals surface area contributed by atoms with Crippen LogP contribution in [-0.4, -0.2) is 37.7 Å². The third kappa shape index (κ3) is 5.85. The SMILES string of the molecule is COC(=O)c1ccccc1NC(=O)COC(=O)c1ccc(OC(C)C)cc1. The zero-order valence-corrected chi connectivity index (χ0v) is 15.4. The van der Waals surface area contributed by atoms with E-state index in [0.717, 1.165) is 0 Å².